The molecule has 0 saturated heterocycles. The van der Waals surface area contributed by atoms with Crippen molar-refractivity contribution >= 4 is 6.03 Å². The van der Waals surface area contributed by atoms with Crippen molar-refractivity contribution in [2.24, 2.45) is 0 Å². The highest BCUT2D eigenvalue weighted by Crippen LogP contribution is 2.20. The van der Waals surface area contributed by atoms with Gasteiger partial charge < -0.3 is 15.7 Å². The summed E-state index contributed by atoms with van der Waals surface area (Å²) >= 11 is 0. The number of hydrogen-bond donors (Lipinski definition) is 3. The Bertz CT molecular complexity index is 485. The van der Waals surface area contributed by atoms with Gasteiger partial charge in [0.2, 0.25) is 0 Å². The van der Waals surface area contributed by atoms with E-state index in [1.165, 1.54) is 0 Å². The van der Waals surface area contributed by atoms with Gasteiger partial charge in [0.25, 0.3) is 0 Å². The minimum absolute atomic E-state index is 0.119. The molecule has 0 bridgehead atoms. The molecule has 0 radical (unpaired) electrons. The summed E-state index contributed by atoms with van der Waals surface area (Å²) < 4.78 is 0. The maximum absolute atomic E-state index is 12.0. The standard InChI is InChI=1S/C18H26N2O2/c1-14(21)12-16(15-8-4-2-5-9-15)13-19-18(22)20-17-10-6-3-7-11-17/h2,4-6,8-10,14,16-17,21H,3,7,11-13H2,1H3,(H2,19,20,22). The molecule has 0 aliphatic heterocycles. The van der Waals surface area contributed by atoms with E-state index in [0.717, 1.165) is 24.8 Å². The predicted molar refractivity (Wildman–Crippen MR) is 88.8 cm³/mol. The van der Waals surface area contributed by atoms with E-state index < -0.39 is 6.10 Å². The lowest BCUT2D eigenvalue weighted by Gasteiger charge is -2.22. The zero-order chi connectivity index (χ0) is 15.8. The number of urea groups is 1. The fraction of sp³-hybridized carbons (Fsp3) is 0.500. The van der Waals surface area contributed by atoms with Crippen LogP contribution in [0, 0.1) is 0 Å². The van der Waals surface area contributed by atoms with E-state index in [4.69, 9.17) is 0 Å². The number of nitrogens with one attached hydrogen (secondary N) is 2. The van der Waals surface area contributed by atoms with Gasteiger partial charge in [-0.2, -0.15) is 0 Å². The molecule has 0 aromatic heterocycles. The highest BCUT2D eigenvalue weighted by Gasteiger charge is 2.16. The Morgan fingerprint density at radius 3 is 2.77 bits per heavy atom. The van der Waals surface area contributed by atoms with Crippen molar-refractivity contribution in [1.82, 2.24) is 10.6 Å². The monoisotopic (exact) mass is 302 g/mol. The van der Waals surface area contributed by atoms with E-state index in [0.29, 0.717) is 13.0 Å². The lowest BCUT2D eigenvalue weighted by Crippen LogP contribution is -2.43. The number of carbonyl (C=O) groups excluding carboxylic acids is 1. The molecule has 3 atom stereocenters. The zero-order valence-electron chi connectivity index (χ0n) is 13.2. The Morgan fingerprint density at radius 2 is 2.14 bits per heavy atom. The van der Waals surface area contributed by atoms with E-state index in [9.17, 15) is 9.90 Å². The number of allylic oxidation sites excluding steroid dienone is 1. The molecule has 1 aliphatic rings. The second kappa shape index (κ2) is 8.59. The van der Waals surface area contributed by atoms with Gasteiger partial charge in [-0.05, 0) is 38.2 Å². The minimum atomic E-state index is -0.392. The third-order valence-electron chi connectivity index (χ3n) is 3.98. The van der Waals surface area contributed by atoms with Crippen molar-refractivity contribution in [1.29, 1.82) is 0 Å². The van der Waals surface area contributed by atoms with E-state index in [1.54, 1.807) is 6.92 Å². The van der Waals surface area contributed by atoms with Crippen LogP contribution in [0.4, 0.5) is 4.79 Å². The van der Waals surface area contributed by atoms with Crippen LogP contribution in [0.15, 0.2) is 42.5 Å². The lowest BCUT2D eigenvalue weighted by atomic mass is 9.93. The maximum atomic E-state index is 12.0. The van der Waals surface area contributed by atoms with Crippen molar-refractivity contribution in [3.8, 4) is 0 Å². The molecule has 2 rings (SSSR count). The van der Waals surface area contributed by atoms with Crippen molar-refractivity contribution in [2.45, 2.75) is 50.7 Å². The van der Waals surface area contributed by atoms with Crippen LogP contribution in [0.2, 0.25) is 0 Å². The highest BCUT2D eigenvalue weighted by atomic mass is 16.3. The lowest BCUT2D eigenvalue weighted by molar-refractivity contribution is 0.173. The van der Waals surface area contributed by atoms with Crippen molar-refractivity contribution in [2.75, 3.05) is 6.54 Å². The molecule has 3 N–H and O–H groups in total. The van der Waals surface area contributed by atoms with Crippen LogP contribution in [0.25, 0.3) is 0 Å². The van der Waals surface area contributed by atoms with Crippen LogP contribution in [0.5, 0.6) is 0 Å². The Labute approximate surface area is 132 Å². The van der Waals surface area contributed by atoms with Gasteiger partial charge in [-0.3, -0.25) is 0 Å². The highest BCUT2D eigenvalue weighted by molar-refractivity contribution is 5.74. The van der Waals surface area contributed by atoms with Crippen molar-refractivity contribution in [3.63, 3.8) is 0 Å². The third kappa shape index (κ3) is 5.53. The quantitative estimate of drug-likeness (QED) is 0.708. The topological polar surface area (TPSA) is 61.4 Å². The summed E-state index contributed by atoms with van der Waals surface area (Å²) in [6.45, 7) is 2.31. The van der Waals surface area contributed by atoms with Crippen LogP contribution in [-0.2, 0) is 0 Å². The molecule has 1 aromatic carbocycles. The predicted octanol–water partition coefficient (Wildman–Crippen LogP) is 2.95. The summed E-state index contributed by atoms with van der Waals surface area (Å²) in [7, 11) is 0. The van der Waals surface area contributed by atoms with Crippen LogP contribution in [-0.4, -0.2) is 29.8 Å². The van der Waals surface area contributed by atoms with Gasteiger partial charge in [0.05, 0.1) is 6.10 Å². The fourth-order valence-electron chi connectivity index (χ4n) is 2.84. The Morgan fingerprint density at radius 1 is 1.36 bits per heavy atom. The third-order valence-corrected chi connectivity index (χ3v) is 3.98. The second-order valence-electron chi connectivity index (χ2n) is 6.01. The van der Waals surface area contributed by atoms with Crippen LogP contribution in [0.1, 0.15) is 44.1 Å². The molecular formula is C18H26N2O2. The molecule has 2 amide bonds. The summed E-state index contributed by atoms with van der Waals surface area (Å²) in [6, 6.07) is 10.0. The molecule has 120 valence electrons. The van der Waals surface area contributed by atoms with E-state index in [1.807, 2.05) is 30.3 Å². The number of aliphatic hydroxyl groups excluding tert-OH is 1. The van der Waals surface area contributed by atoms with Crippen molar-refractivity contribution in [3.05, 3.63) is 48.0 Å². The molecule has 1 aromatic rings. The first-order chi connectivity index (χ1) is 10.6. The molecule has 0 fully saturated rings. The van der Waals surface area contributed by atoms with Gasteiger partial charge in [-0.25, -0.2) is 4.79 Å². The van der Waals surface area contributed by atoms with Crippen LogP contribution < -0.4 is 10.6 Å². The van der Waals surface area contributed by atoms with Gasteiger partial charge in [-0.15, -0.1) is 0 Å². The summed E-state index contributed by atoms with van der Waals surface area (Å²) in [5.41, 5.74) is 1.14. The Balaban J connectivity index is 1.86. The number of carbonyl (C=O) groups is 1. The van der Waals surface area contributed by atoms with Gasteiger partial charge in [0.1, 0.15) is 0 Å². The molecule has 0 heterocycles. The first kappa shape index (κ1) is 16.6. The second-order valence-corrected chi connectivity index (χ2v) is 6.01. The molecule has 4 nitrogen and oxygen atoms in total. The molecular weight excluding hydrogens is 276 g/mol. The normalized spacial score (nSPS) is 20.2. The van der Waals surface area contributed by atoms with Crippen LogP contribution >= 0.6 is 0 Å². The number of amides is 2. The van der Waals surface area contributed by atoms with Crippen molar-refractivity contribution < 1.29 is 9.90 Å². The van der Waals surface area contributed by atoms with E-state index >= 15 is 0 Å². The molecule has 3 unspecified atom stereocenters. The average molecular weight is 302 g/mol. The fourth-order valence-corrected chi connectivity index (χ4v) is 2.84. The van der Waals surface area contributed by atoms with E-state index in [-0.39, 0.29) is 18.0 Å². The first-order valence-corrected chi connectivity index (χ1v) is 8.09. The van der Waals surface area contributed by atoms with Gasteiger partial charge in [0.15, 0.2) is 0 Å². The zero-order valence-corrected chi connectivity index (χ0v) is 13.2. The minimum Gasteiger partial charge on any atom is -0.393 e. The largest absolute Gasteiger partial charge is 0.393 e. The number of rotatable bonds is 6. The Hall–Kier alpha value is -1.81. The molecule has 0 spiro atoms. The number of hydrogen-bond acceptors (Lipinski definition) is 2. The van der Waals surface area contributed by atoms with E-state index in [2.05, 4.69) is 22.8 Å². The smallest absolute Gasteiger partial charge is 0.315 e. The summed E-state index contributed by atoms with van der Waals surface area (Å²) in [5, 5.41) is 15.6. The van der Waals surface area contributed by atoms with Crippen LogP contribution in [0.3, 0.4) is 0 Å². The van der Waals surface area contributed by atoms with Gasteiger partial charge >= 0.3 is 6.03 Å². The van der Waals surface area contributed by atoms with Gasteiger partial charge in [0, 0.05) is 18.5 Å². The maximum Gasteiger partial charge on any atom is 0.315 e. The summed E-state index contributed by atoms with van der Waals surface area (Å²) in [4.78, 5) is 12.0. The first-order valence-electron chi connectivity index (χ1n) is 8.09. The SMILES string of the molecule is CC(O)CC(CNC(=O)NC1C=CCCC1)c1ccccc1. The Kier molecular flexibility index (Phi) is 6.46. The molecule has 0 saturated carbocycles. The average Bonchev–Trinajstić information content (AvgIpc) is 2.53. The molecule has 4 heteroatoms. The summed E-state index contributed by atoms with van der Waals surface area (Å²) in [5.74, 6) is 0.119. The molecule has 22 heavy (non-hydrogen) atoms. The summed E-state index contributed by atoms with van der Waals surface area (Å²) in [6.07, 6.45) is 7.65. The molecule has 1 aliphatic carbocycles. The van der Waals surface area contributed by atoms with Gasteiger partial charge in [-0.1, -0.05) is 42.5 Å². The number of benzene rings is 1. The number of aliphatic hydroxyl groups is 1.